The summed E-state index contributed by atoms with van der Waals surface area (Å²) in [4.78, 5) is 2.49. The number of piperidine rings is 1. The van der Waals surface area contributed by atoms with Crippen molar-refractivity contribution >= 4 is 11.6 Å². The van der Waals surface area contributed by atoms with Crippen molar-refractivity contribution in [1.29, 1.82) is 0 Å². The van der Waals surface area contributed by atoms with Crippen molar-refractivity contribution in [2.75, 3.05) is 19.0 Å². The quantitative estimate of drug-likeness (QED) is 0.755. The summed E-state index contributed by atoms with van der Waals surface area (Å²) >= 11 is 5.93. The number of aromatic nitrogens is 2. The number of likely N-dealkylation sites (tertiary alicyclic amines) is 1. The predicted molar refractivity (Wildman–Crippen MR) is 66.6 cm³/mol. The van der Waals surface area contributed by atoms with Gasteiger partial charge in [0.25, 0.3) is 0 Å². The highest BCUT2D eigenvalue weighted by atomic mass is 35.5. The first kappa shape index (κ1) is 11.9. The van der Waals surface area contributed by atoms with E-state index in [0.29, 0.717) is 5.92 Å². The molecule has 1 aliphatic heterocycles. The Morgan fingerprint density at radius 1 is 1.56 bits per heavy atom. The maximum atomic E-state index is 5.93. The zero-order chi connectivity index (χ0) is 11.4. The molecular weight excluding hydrogens is 222 g/mol. The van der Waals surface area contributed by atoms with E-state index in [4.69, 9.17) is 11.6 Å². The van der Waals surface area contributed by atoms with Crippen LogP contribution in [0, 0.1) is 5.92 Å². The lowest BCUT2D eigenvalue weighted by Gasteiger charge is -2.31. The van der Waals surface area contributed by atoms with Crippen LogP contribution < -0.4 is 0 Å². The summed E-state index contributed by atoms with van der Waals surface area (Å²) in [6, 6.07) is 0. The Morgan fingerprint density at radius 3 is 3.12 bits per heavy atom. The topological polar surface area (TPSA) is 21.1 Å². The summed E-state index contributed by atoms with van der Waals surface area (Å²) < 4.78 is 1.98. The van der Waals surface area contributed by atoms with Gasteiger partial charge in [-0.05, 0) is 32.2 Å². The van der Waals surface area contributed by atoms with Gasteiger partial charge in [-0.1, -0.05) is 0 Å². The third-order valence-corrected chi connectivity index (χ3v) is 3.67. The Balaban J connectivity index is 1.88. The summed E-state index contributed by atoms with van der Waals surface area (Å²) in [7, 11) is 0. The van der Waals surface area contributed by atoms with Crippen LogP contribution in [0.15, 0.2) is 12.4 Å². The maximum Gasteiger partial charge on any atom is 0.0534 e. The highest BCUT2D eigenvalue weighted by Gasteiger charge is 2.19. The van der Waals surface area contributed by atoms with Crippen LogP contribution >= 0.6 is 11.6 Å². The van der Waals surface area contributed by atoms with Crippen molar-refractivity contribution in [1.82, 2.24) is 14.7 Å². The number of nitrogens with zero attached hydrogens (tertiary/aromatic N) is 3. The van der Waals surface area contributed by atoms with Crippen molar-refractivity contribution in [3.63, 3.8) is 0 Å². The monoisotopic (exact) mass is 241 g/mol. The first-order valence-electron chi connectivity index (χ1n) is 6.11. The second kappa shape index (κ2) is 5.69. The SMILES string of the molecule is CCn1cc(CN2CCCC(CCl)C2)cn1. The molecule has 0 amide bonds. The van der Waals surface area contributed by atoms with Crippen molar-refractivity contribution in [3.8, 4) is 0 Å². The zero-order valence-corrected chi connectivity index (χ0v) is 10.7. The van der Waals surface area contributed by atoms with Crippen LogP contribution in [0.3, 0.4) is 0 Å². The second-order valence-electron chi connectivity index (χ2n) is 4.60. The van der Waals surface area contributed by atoms with Crippen molar-refractivity contribution in [3.05, 3.63) is 18.0 Å². The van der Waals surface area contributed by atoms with Gasteiger partial charge in [-0.3, -0.25) is 9.58 Å². The van der Waals surface area contributed by atoms with E-state index in [-0.39, 0.29) is 0 Å². The summed E-state index contributed by atoms with van der Waals surface area (Å²) in [6.07, 6.45) is 6.69. The average molecular weight is 242 g/mol. The number of halogens is 1. The van der Waals surface area contributed by atoms with Gasteiger partial charge >= 0.3 is 0 Å². The molecule has 0 N–H and O–H groups in total. The van der Waals surface area contributed by atoms with Crippen LogP contribution in [0.5, 0.6) is 0 Å². The molecule has 1 aromatic rings. The lowest BCUT2D eigenvalue weighted by molar-refractivity contribution is 0.178. The lowest BCUT2D eigenvalue weighted by Crippen LogP contribution is -2.35. The van der Waals surface area contributed by atoms with Crippen LogP contribution in [-0.4, -0.2) is 33.6 Å². The first-order valence-corrected chi connectivity index (χ1v) is 6.65. The zero-order valence-electron chi connectivity index (χ0n) is 9.90. The fraction of sp³-hybridized carbons (Fsp3) is 0.750. The van der Waals surface area contributed by atoms with Crippen LogP contribution in [-0.2, 0) is 13.1 Å². The molecule has 0 aromatic carbocycles. The fourth-order valence-corrected chi connectivity index (χ4v) is 2.59. The van der Waals surface area contributed by atoms with Crippen LogP contribution in [0.1, 0.15) is 25.3 Å². The molecule has 0 aliphatic carbocycles. The predicted octanol–water partition coefficient (Wildman–Crippen LogP) is 2.35. The molecule has 90 valence electrons. The Kier molecular flexibility index (Phi) is 4.24. The Morgan fingerprint density at radius 2 is 2.44 bits per heavy atom. The number of aryl methyl sites for hydroxylation is 1. The van der Waals surface area contributed by atoms with E-state index in [2.05, 4.69) is 23.1 Å². The molecule has 2 heterocycles. The summed E-state index contributed by atoms with van der Waals surface area (Å²) in [5.41, 5.74) is 1.32. The average Bonchev–Trinajstić information content (AvgIpc) is 2.77. The number of hydrogen-bond acceptors (Lipinski definition) is 2. The van der Waals surface area contributed by atoms with Crippen molar-refractivity contribution < 1.29 is 0 Å². The van der Waals surface area contributed by atoms with Crippen LogP contribution in [0.4, 0.5) is 0 Å². The van der Waals surface area contributed by atoms with E-state index in [1.165, 1.54) is 24.9 Å². The molecule has 0 spiro atoms. The molecular formula is C12H20ClN3. The minimum Gasteiger partial charge on any atom is -0.299 e. The van der Waals surface area contributed by atoms with Gasteiger partial charge in [0, 0.05) is 37.3 Å². The molecule has 1 unspecified atom stereocenters. The van der Waals surface area contributed by atoms with E-state index in [1.807, 2.05) is 10.9 Å². The molecule has 2 rings (SSSR count). The van der Waals surface area contributed by atoms with E-state index >= 15 is 0 Å². The van der Waals surface area contributed by atoms with Gasteiger partial charge in [0.1, 0.15) is 0 Å². The molecule has 4 heteroatoms. The van der Waals surface area contributed by atoms with E-state index in [1.54, 1.807) is 0 Å². The van der Waals surface area contributed by atoms with E-state index in [9.17, 15) is 0 Å². The molecule has 1 atom stereocenters. The third-order valence-electron chi connectivity index (χ3n) is 3.24. The molecule has 1 aromatic heterocycles. The van der Waals surface area contributed by atoms with Crippen LogP contribution in [0.2, 0.25) is 0 Å². The van der Waals surface area contributed by atoms with Gasteiger partial charge in [0.15, 0.2) is 0 Å². The van der Waals surface area contributed by atoms with Gasteiger partial charge in [0.2, 0.25) is 0 Å². The number of rotatable bonds is 4. The standard InChI is InChI=1S/C12H20ClN3/c1-2-16-10-12(7-14-16)9-15-5-3-4-11(6-13)8-15/h7,10-11H,2-6,8-9H2,1H3. The van der Waals surface area contributed by atoms with Crippen molar-refractivity contribution in [2.24, 2.45) is 5.92 Å². The molecule has 16 heavy (non-hydrogen) atoms. The smallest absolute Gasteiger partial charge is 0.0534 e. The van der Waals surface area contributed by atoms with Gasteiger partial charge in [-0.15, -0.1) is 11.6 Å². The molecule has 1 fully saturated rings. The molecule has 0 saturated carbocycles. The minimum atomic E-state index is 0.677. The third kappa shape index (κ3) is 2.98. The molecule has 1 aliphatic rings. The fourth-order valence-electron chi connectivity index (χ4n) is 2.34. The molecule has 0 bridgehead atoms. The normalized spacial score (nSPS) is 22.5. The highest BCUT2D eigenvalue weighted by molar-refractivity contribution is 6.18. The first-order chi connectivity index (χ1) is 7.81. The Bertz CT molecular complexity index is 324. The summed E-state index contributed by atoms with van der Waals surface area (Å²) in [6.45, 7) is 6.42. The maximum absolute atomic E-state index is 5.93. The van der Waals surface area contributed by atoms with Gasteiger partial charge in [-0.25, -0.2) is 0 Å². The molecule has 1 saturated heterocycles. The summed E-state index contributed by atoms with van der Waals surface area (Å²) in [5.74, 6) is 1.47. The number of alkyl halides is 1. The Labute approximate surface area is 102 Å². The number of hydrogen-bond donors (Lipinski definition) is 0. The highest BCUT2D eigenvalue weighted by Crippen LogP contribution is 2.19. The summed E-state index contributed by atoms with van der Waals surface area (Å²) in [5, 5.41) is 4.30. The van der Waals surface area contributed by atoms with E-state index < -0.39 is 0 Å². The minimum absolute atomic E-state index is 0.677. The largest absolute Gasteiger partial charge is 0.299 e. The lowest BCUT2D eigenvalue weighted by atomic mass is 10.00. The van der Waals surface area contributed by atoms with Crippen molar-refractivity contribution in [2.45, 2.75) is 32.9 Å². The molecule has 0 radical (unpaired) electrons. The molecule has 3 nitrogen and oxygen atoms in total. The van der Waals surface area contributed by atoms with Gasteiger partial charge < -0.3 is 0 Å². The van der Waals surface area contributed by atoms with E-state index in [0.717, 1.165) is 25.5 Å². The second-order valence-corrected chi connectivity index (χ2v) is 4.91. The Hall–Kier alpha value is -0.540. The van der Waals surface area contributed by atoms with Gasteiger partial charge in [-0.2, -0.15) is 5.10 Å². The van der Waals surface area contributed by atoms with Crippen LogP contribution in [0.25, 0.3) is 0 Å². The van der Waals surface area contributed by atoms with Gasteiger partial charge in [0.05, 0.1) is 6.20 Å².